The fourth-order valence-corrected chi connectivity index (χ4v) is 3.16. The van der Waals surface area contributed by atoms with E-state index in [1.54, 1.807) is 24.3 Å². The third-order valence-corrected chi connectivity index (χ3v) is 4.54. The Hall–Kier alpha value is -1.88. The number of hydrogen-bond acceptors (Lipinski definition) is 3. The van der Waals surface area contributed by atoms with Gasteiger partial charge in [-0.05, 0) is 51.0 Å². The fraction of sp³-hybridized carbons (Fsp3) is 0.579. The molecule has 1 saturated carbocycles. The minimum atomic E-state index is -0.142. The lowest BCUT2D eigenvalue weighted by molar-refractivity contribution is 0.0896. The van der Waals surface area contributed by atoms with E-state index >= 15 is 0 Å². The van der Waals surface area contributed by atoms with Crippen LogP contribution in [0.5, 0.6) is 0 Å². The molecule has 3 N–H and O–H groups in total. The standard InChI is InChI=1S/C19H28N2O3/c1-13(2)20-18(23)14-8-10-15(11-9-14)19(24)21-17-7-5-3-4-6-16(17)12-22/h8-11,13,16-17,22H,3-7,12H2,1-2H3,(H,20,23)(H,21,24). The highest BCUT2D eigenvalue weighted by atomic mass is 16.3. The van der Waals surface area contributed by atoms with Crippen LogP contribution in [0.3, 0.4) is 0 Å². The number of nitrogens with one attached hydrogen (secondary N) is 2. The third-order valence-electron chi connectivity index (χ3n) is 4.54. The average molecular weight is 332 g/mol. The molecule has 2 rings (SSSR count). The molecule has 0 saturated heterocycles. The van der Waals surface area contributed by atoms with Gasteiger partial charge in [-0.15, -0.1) is 0 Å². The van der Waals surface area contributed by atoms with Crippen LogP contribution in [0.25, 0.3) is 0 Å². The van der Waals surface area contributed by atoms with Crippen molar-refractivity contribution in [3.8, 4) is 0 Å². The molecule has 0 spiro atoms. The summed E-state index contributed by atoms with van der Waals surface area (Å²) in [5.74, 6) is -0.148. The number of rotatable bonds is 5. The van der Waals surface area contributed by atoms with E-state index in [9.17, 15) is 14.7 Å². The smallest absolute Gasteiger partial charge is 0.251 e. The zero-order chi connectivity index (χ0) is 17.5. The molecule has 5 nitrogen and oxygen atoms in total. The molecule has 0 heterocycles. The predicted molar refractivity (Wildman–Crippen MR) is 94.0 cm³/mol. The Bertz CT molecular complexity index is 554. The van der Waals surface area contributed by atoms with Crippen LogP contribution in [0.4, 0.5) is 0 Å². The molecule has 1 fully saturated rings. The first-order valence-electron chi connectivity index (χ1n) is 8.84. The molecule has 0 radical (unpaired) electrons. The Morgan fingerprint density at radius 1 is 1.04 bits per heavy atom. The molecule has 5 heteroatoms. The van der Waals surface area contributed by atoms with Crippen molar-refractivity contribution in [3.63, 3.8) is 0 Å². The number of carbonyl (C=O) groups is 2. The molecule has 0 bridgehead atoms. The minimum Gasteiger partial charge on any atom is -0.396 e. The van der Waals surface area contributed by atoms with Gasteiger partial charge in [-0.3, -0.25) is 9.59 Å². The second-order valence-corrected chi connectivity index (χ2v) is 6.87. The van der Waals surface area contributed by atoms with Crippen molar-refractivity contribution in [1.82, 2.24) is 10.6 Å². The van der Waals surface area contributed by atoms with E-state index in [2.05, 4.69) is 10.6 Å². The quantitative estimate of drug-likeness (QED) is 0.725. The summed E-state index contributed by atoms with van der Waals surface area (Å²) < 4.78 is 0. The largest absolute Gasteiger partial charge is 0.396 e. The van der Waals surface area contributed by atoms with Crippen LogP contribution in [-0.4, -0.2) is 35.6 Å². The van der Waals surface area contributed by atoms with Gasteiger partial charge in [0.1, 0.15) is 0 Å². The molecule has 132 valence electrons. The molecule has 2 unspecified atom stereocenters. The molecule has 1 aromatic rings. The van der Waals surface area contributed by atoms with Crippen LogP contribution < -0.4 is 10.6 Å². The van der Waals surface area contributed by atoms with Gasteiger partial charge in [-0.25, -0.2) is 0 Å². The molecule has 1 aliphatic rings. The van der Waals surface area contributed by atoms with Crippen LogP contribution in [0.1, 0.15) is 66.7 Å². The number of hydrogen-bond donors (Lipinski definition) is 3. The lowest BCUT2D eigenvalue weighted by Crippen LogP contribution is -2.41. The van der Waals surface area contributed by atoms with Crippen LogP contribution in [0.2, 0.25) is 0 Å². The maximum atomic E-state index is 12.5. The second-order valence-electron chi connectivity index (χ2n) is 6.87. The van der Waals surface area contributed by atoms with E-state index in [1.807, 2.05) is 13.8 Å². The monoisotopic (exact) mass is 332 g/mol. The Morgan fingerprint density at radius 2 is 1.62 bits per heavy atom. The Balaban J connectivity index is 2.00. The average Bonchev–Trinajstić information content (AvgIpc) is 2.79. The van der Waals surface area contributed by atoms with Gasteiger partial charge in [-0.1, -0.05) is 19.3 Å². The van der Waals surface area contributed by atoms with Gasteiger partial charge in [0.05, 0.1) is 0 Å². The predicted octanol–water partition coefficient (Wildman–Crippen LogP) is 2.50. The number of aliphatic hydroxyl groups is 1. The number of amides is 2. The van der Waals surface area contributed by atoms with Crippen molar-refractivity contribution in [1.29, 1.82) is 0 Å². The number of benzene rings is 1. The first-order chi connectivity index (χ1) is 11.5. The van der Waals surface area contributed by atoms with E-state index in [4.69, 9.17) is 0 Å². The Morgan fingerprint density at radius 3 is 2.21 bits per heavy atom. The first kappa shape index (κ1) is 18.5. The van der Waals surface area contributed by atoms with Crippen molar-refractivity contribution in [2.45, 2.75) is 58.0 Å². The first-order valence-corrected chi connectivity index (χ1v) is 8.84. The zero-order valence-corrected chi connectivity index (χ0v) is 14.5. The fourth-order valence-electron chi connectivity index (χ4n) is 3.16. The molecule has 0 aromatic heterocycles. The summed E-state index contributed by atoms with van der Waals surface area (Å²) in [4.78, 5) is 24.4. The molecular formula is C19H28N2O3. The lowest BCUT2D eigenvalue weighted by atomic mass is 9.95. The molecule has 0 aliphatic heterocycles. The summed E-state index contributed by atoms with van der Waals surface area (Å²) in [6, 6.07) is 6.79. The Kier molecular flexibility index (Phi) is 6.79. The molecule has 24 heavy (non-hydrogen) atoms. The van der Waals surface area contributed by atoms with E-state index < -0.39 is 0 Å². The highest BCUT2D eigenvalue weighted by Crippen LogP contribution is 2.23. The van der Waals surface area contributed by atoms with Crippen molar-refractivity contribution in [2.75, 3.05) is 6.61 Å². The zero-order valence-electron chi connectivity index (χ0n) is 14.5. The van der Waals surface area contributed by atoms with E-state index in [-0.39, 0.29) is 36.4 Å². The van der Waals surface area contributed by atoms with Crippen LogP contribution in [0.15, 0.2) is 24.3 Å². The highest BCUT2D eigenvalue weighted by molar-refractivity contribution is 5.98. The van der Waals surface area contributed by atoms with Crippen LogP contribution in [-0.2, 0) is 0 Å². The third kappa shape index (κ3) is 5.06. The van der Waals surface area contributed by atoms with Crippen LogP contribution in [0, 0.1) is 5.92 Å². The summed E-state index contributed by atoms with van der Waals surface area (Å²) in [5, 5.41) is 15.4. The van der Waals surface area contributed by atoms with Crippen molar-refractivity contribution in [2.24, 2.45) is 5.92 Å². The number of carbonyl (C=O) groups excluding carboxylic acids is 2. The summed E-state index contributed by atoms with van der Waals surface area (Å²) in [7, 11) is 0. The van der Waals surface area contributed by atoms with Gasteiger partial charge in [0, 0.05) is 35.7 Å². The molecule has 1 aromatic carbocycles. The van der Waals surface area contributed by atoms with Crippen LogP contribution >= 0.6 is 0 Å². The van der Waals surface area contributed by atoms with E-state index in [0.29, 0.717) is 11.1 Å². The van der Waals surface area contributed by atoms with Gasteiger partial charge in [0.15, 0.2) is 0 Å². The summed E-state index contributed by atoms with van der Waals surface area (Å²) in [6.07, 6.45) is 5.21. The molecular weight excluding hydrogens is 304 g/mol. The molecule has 2 amide bonds. The van der Waals surface area contributed by atoms with Crippen molar-refractivity contribution < 1.29 is 14.7 Å². The normalized spacial score (nSPS) is 21.2. The molecule has 1 aliphatic carbocycles. The lowest BCUT2D eigenvalue weighted by Gasteiger charge is -2.24. The van der Waals surface area contributed by atoms with E-state index in [1.165, 1.54) is 0 Å². The van der Waals surface area contributed by atoms with Gasteiger partial charge >= 0.3 is 0 Å². The van der Waals surface area contributed by atoms with Gasteiger partial charge in [0.2, 0.25) is 0 Å². The Labute approximate surface area is 143 Å². The topological polar surface area (TPSA) is 78.4 Å². The summed E-state index contributed by atoms with van der Waals surface area (Å²) >= 11 is 0. The second kappa shape index (κ2) is 8.83. The van der Waals surface area contributed by atoms with E-state index in [0.717, 1.165) is 32.1 Å². The summed E-state index contributed by atoms with van der Waals surface area (Å²) in [6.45, 7) is 3.92. The van der Waals surface area contributed by atoms with Gasteiger partial charge < -0.3 is 15.7 Å². The van der Waals surface area contributed by atoms with Crippen molar-refractivity contribution in [3.05, 3.63) is 35.4 Å². The molecule has 2 atom stereocenters. The maximum absolute atomic E-state index is 12.5. The van der Waals surface area contributed by atoms with Gasteiger partial charge in [0.25, 0.3) is 11.8 Å². The highest BCUT2D eigenvalue weighted by Gasteiger charge is 2.25. The maximum Gasteiger partial charge on any atom is 0.251 e. The number of aliphatic hydroxyl groups excluding tert-OH is 1. The van der Waals surface area contributed by atoms with Gasteiger partial charge in [-0.2, -0.15) is 0 Å². The minimum absolute atomic E-state index is 0.0221. The summed E-state index contributed by atoms with van der Waals surface area (Å²) in [5.41, 5.74) is 1.08. The SMILES string of the molecule is CC(C)NC(=O)c1ccc(C(=O)NC2CCCCCC2CO)cc1. The van der Waals surface area contributed by atoms with Crippen molar-refractivity contribution >= 4 is 11.8 Å².